The molecule has 0 aliphatic carbocycles. The van der Waals surface area contributed by atoms with Gasteiger partial charge >= 0.3 is 0 Å². The van der Waals surface area contributed by atoms with Gasteiger partial charge in [0.15, 0.2) is 5.16 Å². The zero-order valence-electron chi connectivity index (χ0n) is 19.5. The Morgan fingerprint density at radius 3 is 2.29 bits per heavy atom. The van der Waals surface area contributed by atoms with E-state index in [1.54, 1.807) is 11.8 Å². The molecule has 34 heavy (non-hydrogen) atoms. The molecule has 0 radical (unpaired) electrons. The summed E-state index contributed by atoms with van der Waals surface area (Å²) < 4.78 is 0. The summed E-state index contributed by atoms with van der Waals surface area (Å²) in [6.45, 7) is 3.12. The van der Waals surface area contributed by atoms with Crippen molar-refractivity contribution in [3.63, 3.8) is 0 Å². The third-order valence-corrected chi connectivity index (χ3v) is 7.94. The first-order valence-electron chi connectivity index (χ1n) is 12.4. The molecule has 1 N–H and O–H groups in total. The predicted octanol–water partition coefficient (Wildman–Crippen LogP) is 5.11. The fraction of sp³-hybridized carbons (Fsp3) is 0.444. The minimum atomic E-state index is 0.0668. The SMILES string of the molecule is O=C(c1ccc(CSc2nc3ccccc3[nH]2)cc1)N1CCC(C(=O)N2CCCCCC2)CC1. The van der Waals surface area contributed by atoms with Crippen LogP contribution in [-0.4, -0.2) is 57.8 Å². The van der Waals surface area contributed by atoms with Gasteiger partial charge in [0, 0.05) is 43.4 Å². The lowest BCUT2D eigenvalue weighted by Crippen LogP contribution is -2.44. The summed E-state index contributed by atoms with van der Waals surface area (Å²) in [7, 11) is 0. The average molecular weight is 477 g/mol. The molecule has 3 heterocycles. The van der Waals surface area contributed by atoms with E-state index >= 15 is 0 Å². The molecule has 6 nitrogen and oxygen atoms in total. The molecule has 0 atom stereocenters. The van der Waals surface area contributed by atoms with Crippen molar-refractivity contribution in [2.24, 2.45) is 5.92 Å². The van der Waals surface area contributed by atoms with E-state index in [1.807, 2.05) is 53.4 Å². The summed E-state index contributed by atoms with van der Waals surface area (Å²) in [4.78, 5) is 37.9. The normalized spacial score (nSPS) is 17.6. The Morgan fingerprint density at radius 1 is 0.882 bits per heavy atom. The van der Waals surface area contributed by atoms with E-state index in [0.717, 1.165) is 71.8 Å². The Bertz CT molecular complexity index is 1090. The fourth-order valence-corrected chi connectivity index (χ4v) is 5.80. The summed E-state index contributed by atoms with van der Waals surface area (Å²) in [5.41, 5.74) is 3.89. The number of likely N-dealkylation sites (tertiary alicyclic amines) is 2. The van der Waals surface area contributed by atoms with E-state index in [0.29, 0.717) is 19.0 Å². The number of carbonyl (C=O) groups is 2. The standard InChI is InChI=1S/C27H32N4O2S/c32-25(31-17-13-22(14-18-31)26(33)30-15-5-1-2-6-16-30)21-11-9-20(10-12-21)19-34-27-28-23-7-3-4-8-24(23)29-27/h3-4,7-12,22H,1-2,5-6,13-19H2,(H,28,29). The number of rotatable bonds is 5. The molecule has 0 saturated carbocycles. The number of aromatic nitrogens is 2. The Balaban J connectivity index is 1.12. The van der Waals surface area contributed by atoms with Gasteiger partial charge in [0.1, 0.15) is 0 Å². The molecule has 7 heteroatoms. The van der Waals surface area contributed by atoms with Gasteiger partial charge in [-0.1, -0.05) is 48.9 Å². The van der Waals surface area contributed by atoms with Crippen molar-refractivity contribution in [2.45, 2.75) is 49.4 Å². The minimum absolute atomic E-state index is 0.0668. The Morgan fingerprint density at radius 2 is 1.59 bits per heavy atom. The molecule has 1 aromatic heterocycles. The third kappa shape index (κ3) is 5.30. The van der Waals surface area contributed by atoms with Gasteiger partial charge in [-0.2, -0.15) is 0 Å². The quantitative estimate of drug-likeness (QED) is 0.520. The number of fused-ring (bicyclic) bond motifs is 1. The van der Waals surface area contributed by atoms with Gasteiger partial charge in [0.05, 0.1) is 11.0 Å². The molecule has 2 aliphatic heterocycles. The van der Waals surface area contributed by atoms with E-state index < -0.39 is 0 Å². The highest BCUT2D eigenvalue weighted by atomic mass is 32.2. The van der Waals surface area contributed by atoms with Gasteiger partial charge in [-0.25, -0.2) is 4.98 Å². The number of H-pyrrole nitrogens is 1. The van der Waals surface area contributed by atoms with Gasteiger partial charge in [-0.3, -0.25) is 9.59 Å². The molecule has 2 amide bonds. The van der Waals surface area contributed by atoms with Crippen molar-refractivity contribution < 1.29 is 9.59 Å². The third-order valence-electron chi connectivity index (χ3n) is 6.99. The molecule has 0 unspecified atom stereocenters. The number of nitrogens with zero attached hydrogens (tertiary/aromatic N) is 3. The second-order valence-electron chi connectivity index (χ2n) is 9.35. The number of benzene rings is 2. The maximum Gasteiger partial charge on any atom is 0.253 e. The number of hydrogen-bond acceptors (Lipinski definition) is 4. The summed E-state index contributed by atoms with van der Waals surface area (Å²) in [6, 6.07) is 15.9. The molecule has 2 fully saturated rings. The first-order chi connectivity index (χ1) is 16.7. The van der Waals surface area contributed by atoms with Gasteiger partial charge in [0.2, 0.25) is 5.91 Å². The Hall–Kier alpha value is -2.80. The van der Waals surface area contributed by atoms with Crippen LogP contribution in [0.4, 0.5) is 0 Å². The summed E-state index contributed by atoms with van der Waals surface area (Å²) in [6.07, 6.45) is 6.24. The van der Waals surface area contributed by atoms with Crippen LogP contribution in [0.2, 0.25) is 0 Å². The van der Waals surface area contributed by atoms with Gasteiger partial charge < -0.3 is 14.8 Å². The van der Waals surface area contributed by atoms with E-state index in [2.05, 4.69) is 14.9 Å². The number of carbonyl (C=O) groups excluding carboxylic acids is 2. The van der Waals surface area contributed by atoms with Crippen molar-refractivity contribution in [3.8, 4) is 0 Å². The lowest BCUT2D eigenvalue weighted by molar-refractivity contribution is -0.136. The maximum absolute atomic E-state index is 13.0. The van der Waals surface area contributed by atoms with Crippen LogP contribution in [0.1, 0.15) is 54.4 Å². The van der Waals surface area contributed by atoms with Crippen LogP contribution < -0.4 is 0 Å². The first-order valence-corrected chi connectivity index (χ1v) is 13.4. The van der Waals surface area contributed by atoms with Crippen LogP contribution >= 0.6 is 11.8 Å². The molecule has 5 rings (SSSR count). The second kappa shape index (κ2) is 10.6. The van der Waals surface area contributed by atoms with E-state index in [4.69, 9.17) is 0 Å². The van der Waals surface area contributed by atoms with Crippen molar-refractivity contribution in [1.29, 1.82) is 0 Å². The highest BCUT2D eigenvalue weighted by molar-refractivity contribution is 7.98. The van der Waals surface area contributed by atoms with E-state index in [9.17, 15) is 9.59 Å². The van der Waals surface area contributed by atoms with Crippen molar-refractivity contribution in [1.82, 2.24) is 19.8 Å². The number of thioether (sulfide) groups is 1. The summed E-state index contributed by atoms with van der Waals surface area (Å²) in [5, 5.41) is 0.902. The monoisotopic (exact) mass is 476 g/mol. The zero-order chi connectivity index (χ0) is 23.3. The predicted molar refractivity (Wildman–Crippen MR) is 136 cm³/mol. The minimum Gasteiger partial charge on any atom is -0.342 e. The lowest BCUT2D eigenvalue weighted by Gasteiger charge is -2.34. The van der Waals surface area contributed by atoms with Crippen molar-refractivity contribution in [2.75, 3.05) is 26.2 Å². The first kappa shape index (κ1) is 23.0. The number of aromatic amines is 1. The lowest BCUT2D eigenvalue weighted by atomic mass is 9.94. The molecule has 2 aromatic carbocycles. The topological polar surface area (TPSA) is 69.3 Å². The smallest absolute Gasteiger partial charge is 0.253 e. The summed E-state index contributed by atoms with van der Waals surface area (Å²) >= 11 is 1.66. The average Bonchev–Trinajstić information content (AvgIpc) is 3.11. The molecule has 2 aliphatic rings. The molecule has 3 aromatic rings. The number of hydrogen-bond donors (Lipinski definition) is 1. The van der Waals surface area contributed by atoms with E-state index in [-0.39, 0.29) is 11.8 Å². The summed E-state index contributed by atoms with van der Waals surface area (Å²) in [5.74, 6) is 1.23. The van der Waals surface area contributed by atoms with Crippen LogP contribution in [0.15, 0.2) is 53.7 Å². The molecule has 2 saturated heterocycles. The van der Waals surface area contributed by atoms with E-state index in [1.165, 1.54) is 12.8 Å². The number of piperidine rings is 1. The van der Waals surface area contributed by atoms with Crippen LogP contribution in [0.3, 0.4) is 0 Å². The van der Waals surface area contributed by atoms with Crippen LogP contribution in [-0.2, 0) is 10.5 Å². The van der Waals surface area contributed by atoms with Gasteiger partial charge in [-0.05, 0) is 55.5 Å². The maximum atomic E-state index is 13.0. The van der Waals surface area contributed by atoms with Crippen molar-refractivity contribution >= 4 is 34.6 Å². The molecule has 0 bridgehead atoms. The number of nitrogens with one attached hydrogen (secondary N) is 1. The van der Waals surface area contributed by atoms with Crippen LogP contribution in [0.5, 0.6) is 0 Å². The van der Waals surface area contributed by atoms with Gasteiger partial charge in [-0.15, -0.1) is 0 Å². The molecule has 178 valence electrons. The highest BCUT2D eigenvalue weighted by Crippen LogP contribution is 2.25. The van der Waals surface area contributed by atoms with Crippen molar-refractivity contribution in [3.05, 3.63) is 59.7 Å². The second-order valence-corrected chi connectivity index (χ2v) is 10.3. The Kier molecular flexibility index (Phi) is 7.19. The van der Waals surface area contributed by atoms with Crippen LogP contribution in [0, 0.1) is 5.92 Å². The fourth-order valence-electron chi connectivity index (χ4n) is 4.95. The highest BCUT2D eigenvalue weighted by Gasteiger charge is 2.30. The zero-order valence-corrected chi connectivity index (χ0v) is 20.4. The molecular formula is C27H32N4O2S. The van der Waals surface area contributed by atoms with Crippen LogP contribution in [0.25, 0.3) is 11.0 Å². The number of amides is 2. The Labute approximate surface area is 205 Å². The molecular weight excluding hydrogens is 444 g/mol. The largest absolute Gasteiger partial charge is 0.342 e. The van der Waals surface area contributed by atoms with Gasteiger partial charge in [0.25, 0.3) is 5.91 Å². The molecule has 0 spiro atoms. The number of para-hydroxylation sites is 2. The number of imidazole rings is 1.